The predicted octanol–water partition coefficient (Wildman–Crippen LogP) is 1.70. The Morgan fingerprint density at radius 2 is 2.22 bits per heavy atom. The van der Waals surface area contributed by atoms with Gasteiger partial charge in [0.15, 0.2) is 5.82 Å². The number of hydrogen-bond donors (Lipinski definition) is 1. The highest BCUT2D eigenvalue weighted by Crippen LogP contribution is 2.36. The third-order valence-electron chi connectivity index (χ3n) is 3.43. The maximum absolute atomic E-state index is 12.7. The largest absolute Gasteiger partial charge is 0.481 e. The van der Waals surface area contributed by atoms with Gasteiger partial charge >= 0.3 is 5.97 Å². The summed E-state index contributed by atoms with van der Waals surface area (Å²) in [6.07, 6.45) is 4.24. The molecule has 6 heteroatoms. The molecule has 0 spiro atoms. The van der Waals surface area contributed by atoms with Gasteiger partial charge in [0.05, 0.1) is 17.8 Å². The maximum atomic E-state index is 12.7. The molecule has 18 heavy (non-hydrogen) atoms. The van der Waals surface area contributed by atoms with E-state index in [0.717, 1.165) is 18.8 Å². The molecule has 0 aliphatic carbocycles. The number of carboxylic acids is 1. The topological polar surface area (TPSA) is 66.3 Å². The van der Waals surface area contributed by atoms with E-state index in [1.807, 2.05) is 11.8 Å². The molecule has 1 N–H and O–H groups in total. The second-order valence-electron chi connectivity index (χ2n) is 4.71. The van der Waals surface area contributed by atoms with Gasteiger partial charge in [0.25, 0.3) is 0 Å². The smallest absolute Gasteiger partial charge is 0.311 e. The fourth-order valence-corrected chi connectivity index (χ4v) is 2.48. The molecule has 1 aromatic heterocycles. The van der Waals surface area contributed by atoms with Crippen molar-refractivity contribution in [2.45, 2.75) is 26.2 Å². The van der Waals surface area contributed by atoms with Crippen molar-refractivity contribution in [1.82, 2.24) is 9.97 Å². The van der Waals surface area contributed by atoms with Crippen molar-refractivity contribution in [3.05, 3.63) is 18.2 Å². The number of carbonyl (C=O) groups is 1. The van der Waals surface area contributed by atoms with Crippen LogP contribution in [0.15, 0.2) is 12.4 Å². The maximum Gasteiger partial charge on any atom is 0.311 e. The average molecular weight is 253 g/mol. The van der Waals surface area contributed by atoms with Gasteiger partial charge in [0.1, 0.15) is 0 Å². The zero-order valence-corrected chi connectivity index (χ0v) is 10.3. The Morgan fingerprint density at radius 3 is 2.78 bits per heavy atom. The van der Waals surface area contributed by atoms with Crippen LogP contribution < -0.4 is 4.90 Å². The average Bonchev–Trinajstić information content (AvgIpc) is 2.76. The van der Waals surface area contributed by atoms with E-state index < -0.39 is 17.2 Å². The van der Waals surface area contributed by atoms with E-state index in [0.29, 0.717) is 31.9 Å². The lowest BCUT2D eigenvalue weighted by Crippen LogP contribution is -2.35. The van der Waals surface area contributed by atoms with E-state index in [2.05, 4.69) is 9.97 Å². The zero-order valence-electron chi connectivity index (χ0n) is 10.3. The third kappa shape index (κ3) is 2.27. The molecule has 2 heterocycles. The Labute approximate surface area is 105 Å². The van der Waals surface area contributed by atoms with E-state index in [9.17, 15) is 14.3 Å². The molecule has 2 rings (SSSR count). The van der Waals surface area contributed by atoms with E-state index in [-0.39, 0.29) is 0 Å². The van der Waals surface area contributed by atoms with Gasteiger partial charge in [-0.15, -0.1) is 0 Å². The normalized spacial score (nSPS) is 23.3. The summed E-state index contributed by atoms with van der Waals surface area (Å²) >= 11 is 0. The fourth-order valence-electron chi connectivity index (χ4n) is 2.48. The van der Waals surface area contributed by atoms with E-state index in [4.69, 9.17) is 0 Å². The van der Waals surface area contributed by atoms with Gasteiger partial charge < -0.3 is 10.0 Å². The van der Waals surface area contributed by atoms with Crippen molar-refractivity contribution in [2.24, 2.45) is 5.41 Å². The summed E-state index contributed by atoms with van der Waals surface area (Å²) in [6.45, 7) is 2.96. The Balaban J connectivity index is 2.15. The standard InChI is InChI=1S/C12H16FN3O2/c1-2-3-12(10(17)18)4-5-16(8-12)11-14-6-9(13)7-15-11/h6-7H,2-5,8H2,1H3,(H,17,18). The zero-order chi connectivity index (χ0) is 13.2. The highest BCUT2D eigenvalue weighted by Gasteiger charge is 2.44. The molecular formula is C12H16FN3O2. The Hall–Kier alpha value is -1.72. The molecule has 1 unspecified atom stereocenters. The molecule has 0 radical (unpaired) electrons. The second kappa shape index (κ2) is 4.88. The molecule has 0 aromatic carbocycles. The van der Waals surface area contributed by atoms with Crippen molar-refractivity contribution in [3.63, 3.8) is 0 Å². The monoisotopic (exact) mass is 253 g/mol. The number of nitrogens with zero attached hydrogens (tertiary/aromatic N) is 3. The first-order valence-corrected chi connectivity index (χ1v) is 6.03. The number of rotatable bonds is 4. The molecule has 1 aliphatic heterocycles. The van der Waals surface area contributed by atoms with Crippen molar-refractivity contribution in [2.75, 3.05) is 18.0 Å². The van der Waals surface area contributed by atoms with Gasteiger partial charge in [-0.3, -0.25) is 4.79 Å². The first-order valence-electron chi connectivity index (χ1n) is 6.03. The minimum Gasteiger partial charge on any atom is -0.481 e. The minimum absolute atomic E-state index is 0.391. The van der Waals surface area contributed by atoms with E-state index in [1.165, 1.54) is 0 Å². The van der Waals surface area contributed by atoms with Crippen LogP contribution in [0.4, 0.5) is 10.3 Å². The van der Waals surface area contributed by atoms with E-state index >= 15 is 0 Å². The van der Waals surface area contributed by atoms with Crippen LogP contribution in [0, 0.1) is 11.2 Å². The van der Waals surface area contributed by atoms with Crippen LogP contribution in [-0.4, -0.2) is 34.1 Å². The molecule has 1 saturated heterocycles. The second-order valence-corrected chi connectivity index (χ2v) is 4.71. The van der Waals surface area contributed by atoms with Crippen LogP contribution in [0.3, 0.4) is 0 Å². The van der Waals surface area contributed by atoms with Gasteiger partial charge in [0.2, 0.25) is 5.95 Å². The van der Waals surface area contributed by atoms with Crippen LogP contribution in [0.25, 0.3) is 0 Å². The number of halogens is 1. The molecule has 1 atom stereocenters. The summed E-state index contributed by atoms with van der Waals surface area (Å²) in [4.78, 5) is 21.0. The molecule has 98 valence electrons. The van der Waals surface area contributed by atoms with Gasteiger partial charge in [-0.05, 0) is 12.8 Å². The number of aromatic nitrogens is 2. The Bertz CT molecular complexity index is 437. The number of anilines is 1. The van der Waals surface area contributed by atoms with E-state index in [1.54, 1.807) is 0 Å². The molecular weight excluding hydrogens is 237 g/mol. The SMILES string of the molecule is CCCC1(C(=O)O)CCN(c2ncc(F)cn2)C1. The van der Waals surface area contributed by atoms with Crippen molar-refractivity contribution < 1.29 is 14.3 Å². The number of carboxylic acid groups (broad SMARTS) is 1. The lowest BCUT2D eigenvalue weighted by molar-refractivity contribution is -0.148. The predicted molar refractivity (Wildman–Crippen MR) is 63.8 cm³/mol. The molecule has 0 amide bonds. The van der Waals surface area contributed by atoms with Gasteiger partial charge in [-0.2, -0.15) is 0 Å². The summed E-state index contributed by atoms with van der Waals surface area (Å²) < 4.78 is 12.7. The molecule has 1 fully saturated rings. The van der Waals surface area contributed by atoms with Gasteiger partial charge in [-0.25, -0.2) is 14.4 Å². The first kappa shape index (κ1) is 12.7. The van der Waals surface area contributed by atoms with Crippen LogP contribution in [0.1, 0.15) is 26.2 Å². The van der Waals surface area contributed by atoms with Crippen LogP contribution in [-0.2, 0) is 4.79 Å². The Kier molecular flexibility index (Phi) is 3.45. The lowest BCUT2D eigenvalue weighted by Gasteiger charge is -2.24. The van der Waals surface area contributed by atoms with Crippen molar-refractivity contribution >= 4 is 11.9 Å². The summed E-state index contributed by atoms with van der Waals surface area (Å²) in [7, 11) is 0. The summed E-state index contributed by atoms with van der Waals surface area (Å²) in [5, 5.41) is 9.38. The van der Waals surface area contributed by atoms with Gasteiger partial charge in [0, 0.05) is 13.1 Å². The summed E-state index contributed by atoms with van der Waals surface area (Å²) in [5.41, 5.74) is -0.716. The highest BCUT2D eigenvalue weighted by molar-refractivity contribution is 5.76. The highest BCUT2D eigenvalue weighted by atomic mass is 19.1. The summed E-state index contributed by atoms with van der Waals surface area (Å²) in [5.74, 6) is -0.861. The first-order chi connectivity index (χ1) is 8.57. The number of aliphatic carboxylic acids is 1. The molecule has 0 saturated carbocycles. The molecule has 0 bridgehead atoms. The molecule has 1 aliphatic rings. The van der Waals surface area contributed by atoms with Crippen molar-refractivity contribution in [3.8, 4) is 0 Å². The molecule has 1 aromatic rings. The van der Waals surface area contributed by atoms with Crippen LogP contribution in [0.5, 0.6) is 0 Å². The molecule has 5 nitrogen and oxygen atoms in total. The van der Waals surface area contributed by atoms with Gasteiger partial charge in [-0.1, -0.05) is 13.3 Å². The number of hydrogen-bond acceptors (Lipinski definition) is 4. The third-order valence-corrected chi connectivity index (χ3v) is 3.43. The lowest BCUT2D eigenvalue weighted by atomic mass is 9.83. The van der Waals surface area contributed by atoms with Crippen LogP contribution >= 0.6 is 0 Å². The van der Waals surface area contributed by atoms with Crippen LogP contribution in [0.2, 0.25) is 0 Å². The Morgan fingerprint density at radius 1 is 1.56 bits per heavy atom. The quantitative estimate of drug-likeness (QED) is 0.884. The fraction of sp³-hybridized carbons (Fsp3) is 0.583. The van der Waals surface area contributed by atoms with Crippen molar-refractivity contribution in [1.29, 1.82) is 0 Å². The minimum atomic E-state index is -0.769. The summed E-state index contributed by atoms with van der Waals surface area (Å²) in [6, 6.07) is 0.